The molecule has 0 saturated carbocycles. The van der Waals surface area contributed by atoms with Gasteiger partial charge < -0.3 is 0 Å². The summed E-state index contributed by atoms with van der Waals surface area (Å²) in [6, 6.07) is 17.6. The smallest absolute Gasteiger partial charge is 0.00991 e. The van der Waals surface area contributed by atoms with Crippen molar-refractivity contribution < 1.29 is 0 Å². The molecule has 0 saturated heterocycles. The van der Waals surface area contributed by atoms with Crippen LogP contribution >= 0.6 is 0 Å². The molecule has 3 aromatic carbocycles. The van der Waals surface area contributed by atoms with Crippen molar-refractivity contribution in [2.24, 2.45) is 0 Å². The SMILES string of the molecule is CC1=CCCc2c1c1ccccc1c1ccccc21. The number of hydrogen-bond donors (Lipinski definition) is 0. The molecule has 0 atom stereocenters. The van der Waals surface area contributed by atoms with Crippen molar-refractivity contribution in [2.75, 3.05) is 0 Å². The quantitative estimate of drug-likeness (QED) is 0.468. The van der Waals surface area contributed by atoms with Crippen molar-refractivity contribution in [1.82, 2.24) is 0 Å². The van der Waals surface area contributed by atoms with Crippen LogP contribution in [0.25, 0.3) is 27.1 Å². The molecule has 0 fully saturated rings. The van der Waals surface area contributed by atoms with Gasteiger partial charge in [-0.15, -0.1) is 0 Å². The van der Waals surface area contributed by atoms with Gasteiger partial charge in [0.05, 0.1) is 0 Å². The summed E-state index contributed by atoms with van der Waals surface area (Å²) in [4.78, 5) is 0. The van der Waals surface area contributed by atoms with Crippen molar-refractivity contribution in [3.05, 3.63) is 65.7 Å². The van der Waals surface area contributed by atoms with Gasteiger partial charge in [0.2, 0.25) is 0 Å². The van der Waals surface area contributed by atoms with Gasteiger partial charge >= 0.3 is 0 Å². The highest BCUT2D eigenvalue weighted by molar-refractivity contribution is 6.13. The van der Waals surface area contributed by atoms with Crippen LogP contribution in [0, 0.1) is 0 Å². The summed E-state index contributed by atoms with van der Waals surface area (Å²) in [7, 11) is 0. The van der Waals surface area contributed by atoms with Gasteiger partial charge in [0, 0.05) is 0 Å². The molecule has 0 spiro atoms. The normalized spacial score (nSPS) is 14.5. The maximum Gasteiger partial charge on any atom is -0.00991 e. The van der Waals surface area contributed by atoms with Gasteiger partial charge in [0.1, 0.15) is 0 Å². The Labute approximate surface area is 113 Å². The molecule has 0 amide bonds. The predicted molar refractivity (Wildman–Crippen MR) is 83.4 cm³/mol. The summed E-state index contributed by atoms with van der Waals surface area (Å²) in [6.07, 6.45) is 4.71. The maximum absolute atomic E-state index is 2.38. The Bertz CT molecular complexity index is 822. The zero-order valence-electron chi connectivity index (χ0n) is 11.1. The van der Waals surface area contributed by atoms with Crippen LogP contribution in [-0.2, 0) is 6.42 Å². The first-order chi connectivity index (χ1) is 9.36. The number of allylic oxidation sites excluding steroid dienone is 2. The molecule has 1 aliphatic rings. The Morgan fingerprint density at radius 2 is 1.32 bits per heavy atom. The summed E-state index contributed by atoms with van der Waals surface area (Å²) in [5.74, 6) is 0. The summed E-state index contributed by atoms with van der Waals surface area (Å²) >= 11 is 0. The van der Waals surface area contributed by atoms with Crippen LogP contribution in [0.5, 0.6) is 0 Å². The number of benzene rings is 3. The topological polar surface area (TPSA) is 0 Å². The van der Waals surface area contributed by atoms with Crippen molar-refractivity contribution >= 4 is 27.1 Å². The minimum absolute atomic E-state index is 1.16. The highest BCUT2D eigenvalue weighted by Crippen LogP contribution is 2.39. The summed E-state index contributed by atoms with van der Waals surface area (Å²) in [5, 5.41) is 5.62. The van der Waals surface area contributed by atoms with Crippen LogP contribution in [0.3, 0.4) is 0 Å². The lowest BCUT2D eigenvalue weighted by atomic mass is 9.83. The molecular formula is C19H16. The van der Waals surface area contributed by atoms with E-state index >= 15 is 0 Å². The molecule has 0 aliphatic heterocycles. The van der Waals surface area contributed by atoms with E-state index < -0.39 is 0 Å². The van der Waals surface area contributed by atoms with E-state index in [-0.39, 0.29) is 0 Å². The standard InChI is InChI=1S/C19H16/c1-13-7-6-12-18-16-9-3-2-8-14(16)15-10-4-5-11-17(15)19(13)18/h2-5,7-11H,6,12H2,1H3. The van der Waals surface area contributed by atoms with Crippen LogP contribution in [0.15, 0.2) is 54.6 Å². The first kappa shape index (κ1) is 10.8. The number of fused-ring (bicyclic) bond motifs is 6. The lowest BCUT2D eigenvalue weighted by molar-refractivity contribution is 0.990. The molecule has 0 N–H and O–H groups in total. The molecular weight excluding hydrogens is 228 g/mol. The second kappa shape index (κ2) is 3.96. The Hall–Kier alpha value is -2.08. The first-order valence-electron chi connectivity index (χ1n) is 6.96. The molecule has 0 heteroatoms. The predicted octanol–water partition coefficient (Wildman–Crippen LogP) is 5.34. The molecule has 0 unspecified atom stereocenters. The lowest BCUT2D eigenvalue weighted by Gasteiger charge is -2.21. The van der Waals surface area contributed by atoms with E-state index in [4.69, 9.17) is 0 Å². The largest absolute Gasteiger partial charge is 0.0806 e. The van der Waals surface area contributed by atoms with Gasteiger partial charge in [-0.3, -0.25) is 0 Å². The van der Waals surface area contributed by atoms with E-state index in [9.17, 15) is 0 Å². The fourth-order valence-electron chi connectivity index (χ4n) is 3.46. The highest BCUT2D eigenvalue weighted by Gasteiger charge is 2.16. The molecule has 0 radical (unpaired) electrons. The van der Waals surface area contributed by atoms with E-state index in [1.54, 1.807) is 0 Å². The molecule has 0 heterocycles. The molecule has 0 nitrogen and oxygen atoms in total. The Kier molecular flexibility index (Phi) is 2.25. The van der Waals surface area contributed by atoms with Gasteiger partial charge in [0.25, 0.3) is 0 Å². The van der Waals surface area contributed by atoms with Gasteiger partial charge in [-0.05, 0) is 58.0 Å². The van der Waals surface area contributed by atoms with Gasteiger partial charge in [-0.1, -0.05) is 54.6 Å². The minimum Gasteiger partial charge on any atom is -0.0806 e. The molecule has 0 aromatic heterocycles. The van der Waals surface area contributed by atoms with Crippen LogP contribution in [0.1, 0.15) is 24.5 Å². The van der Waals surface area contributed by atoms with E-state index in [2.05, 4.69) is 61.5 Å². The first-order valence-corrected chi connectivity index (χ1v) is 6.96. The van der Waals surface area contributed by atoms with Gasteiger partial charge in [-0.25, -0.2) is 0 Å². The molecule has 1 aliphatic carbocycles. The maximum atomic E-state index is 2.38. The molecule has 3 aromatic rings. The van der Waals surface area contributed by atoms with Crippen LogP contribution in [-0.4, -0.2) is 0 Å². The van der Waals surface area contributed by atoms with Gasteiger partial charge in [-0.2, -0.15) is 0 Å². The summed E-state index contributed by atoms with van der Waals surface area (Å²) < 4.78 is 0. The number of rotatable bonds is 0. The van der Waals surface area contributed by atoms with E-state index in [0.29, 0.717) is 0 Å². The van der Waals surface area contributed by atoms with Crippen molar-refractivity contribution in [1.29, 1.82) is 0 Å². The molecule has 4 rings (SSSR count). The molecule has 92 valence electrons. The second-order valence-electron chi connectivity index (χ2n) is 5.37. The fourth-order valence-corrected chi connectivity index (χ4v) is 3.46. The van der Waals surface area contributed by atoms with Crippen molar-refractivity contribution in [3.63, 3.8) is 0 Å². The van der Waals surface area contributed by atoms with Crippen LogP contribution in [0.4, 0.5) is 0 Å². The number of aryl methyl sites for hydroxylation is 1. The van der Waals surface area contributed by atoms with Crippen LogP contribution in [0.2, 0.25) is 0 Å². The Balaban J connectivity index is 2.33. The monoisotopic (exact) mass is 244 g/mol. The minimum atomic E-state index is 1.16. The third-order valence-corrected chi connectivity index (χ3v) is 4.28. The highest BCUT2D eigenvalue weighted by atomic mass is 14.2. The lowest BCUT2D eigenvalue weighted by Crippen LogP contribution is -2.00. The third kappa shape index (κ3) is 1.46. The molecule has 0 bridgehead atoms. The fraction of sp³-hybridized carbons (Fsp3) is 0.158. The Morgan fingerprint density at radius 3 is 2.05 bits per heavy atom. The van der Waals surface area contributed by atoms with Gasteiger partial charge in [0.15, 0.2) is 0 Å². The average Bonchev–Trinajstić information content (AvgIpc) is 2.47. The average molecular weight is 244 g/mol. The Morgan fingerprint density at radius 1 is 0.737 bits per heavy atom. The zero-order valence-corrected chi connectivity index (χ0v) is 11.1. The van der Waals surface area contributed by atoms with E-state index in [1.165, 1.54) is 44.7 Å². The van der Waals surface area contributed by atoms with Crippen LogP contribution < -0.4 is 0 Å². The third-order valence-electron chi connectivity index (χ3n) is 4.28. The summed E-state index contributed by atoms with van der Waals surface area (Å²) in [5.41, 5.74) is 4.44. The zero-order chi connectivity index (χ0) is 12.8. The second-order valence-corrected chi connectivity index (χ2v) is 5.37. The number of hydrogen-bond acceptors (Lipinski definition) is 0. The van der Waals surface area contributed by atoms with E-state index in [1.807, 2.05) is 0 Å². The molecule has 19 heavy (non-hydrogen) atoms. The summed E-state index contributed by atoms with van der Waals surface area (Å²) in [6.45, 7) is 2.25. The van der Waals surface area contributed by atoms with Crippen molar-refractivity contribution in [2.45, 2.75) is 19.8 Å². The van der Waals surface area contributed by atoms with E-state index in [0.717, 1.165) is 6.42 Å². The van der Waals surface area contributed by atoms with Crippen molar-refractivity contribution in [3.8, 4) is 0 Å².